The summed E-state index contributed by atoms with van der Waals surface area (Å²) in [6, 6.07) is 17.9. The first kappa shape index (κ1) is 18.9. The van der Waals surface area contributed by atoms with Crippen LogP contribution >= 0.6 is 11.6 Å². The molecule has 0 saturated carbocycles. The second-order valence-electron chi connectivity index (χ2n) is 7.70. The summed E-state index contributed by atoms with van der Waals surface area (Å²) in [7, 11) is 0. The summed E-state index contributed by atoms with van der Waals surface area (Å²) in [4.78, 5) is 22.4. The first-order valence-corrected chi connectivity index (χ1v) is 10.1. The van der Waals surface area contributed by atoms with Gasteiger partial charge in [-0.1, -0.05) is 41.9 Å². The molecule has 6 heteroatoms. The fourth-order valence-electron chi connectivity index (χ4n) is 4.48. The van der Waals surface area contributed by atoms with E-state index >= 15 is 0 Å². The quantitative estimate of drug-likeness (QED) is 0.496. The number of amides is 1. The number of hydrogen-bond acceptors (Lipinski definition) is 3. The van der Waals surface area contributed by atoms with Gasteiger partial charge in [-0.05, 0) is 55.3 Å². The van der Waals surface area contributed by atoms with Gasteiger partial charge >= 0.3 is 0 Å². The van der Waals surface area contributed by atoms with Crippen LogP contribution in [0.4, 0.5) is 0 Å². The zero-order valence-electron chi connectivity index (χ0n) is 16.6. The first-order chi connectivity index (χ1) is 14.4. The maximum Gasteiger partial charge on any atom is 0.257 e. The van der Waals surface area contributed by atoms with Gasteiger partial charge in [0.25, 0.3) is 5.91 Å². The summed E-state index contributed by atoms with van der Waals surface area (Å²) in [5.74, 6) is -0.218. The molecule has 2 unspecified atom stereocenters. The van der Waals surface area contributed by atoms with E-state index in [4.69, 9.17) is 11.6 Å². The zero-order chi connectivity index (χ0) is 21.0. The van der Waals surface area contributed by atoms with Gasteiger partial charge in [-0.25, -0.2) is 4.98 Å². The number of aromatic amines is 1. The van der Waals surface area contributed by atoms with Crippen LogP contribution in [-0.4, -0.2) is 25.9 Å². The Labute approximate surface area is 178 Å². The predicted molar refractivity (Wildman–Crippen MR) is 116 cm³/mol. The molecule has 3 aromatic carbocycles. The third-order valence-corrected chi connectivity index (χ3v) is 6.24. The molecule has 150 valence electrons. The molecule has 1 aromatic heterocycles. The normalized spacial score (nSPS) is 19.3. The highest BCUT2D eigenvalue weighted by Crippen LogP contribution is 2.47. The second-order valence-corrected chi connectivity index (χ2v) is 8.14. The molecule has 0 aliphatic carbocycles. The summed E-state index contributed by atoms with van der Waals surface area (Å²) < 4.78 is 0. The van der Waals surface area contributed by atoms with Gasteiger partial charge in [0.1, 0.15) is 0 Å². The molecule has 5 rings (SSSR count). The Morgan fingerprint density at radius 3 is 2.77 bits per heavy atom. The predicted octanol–water partition coefficient (Wildman–Crippen LogP) is 4.94. The molecule has 1 amide bonds. The number of aromatic nitrogens is 2. The van der Waals surface area contributed by atoms with Crippen LogP contribution < -0.4 is 0 Å². The van der Waals surface area contributed by atoms with E-state index in [0.29, 0.717) is 21.7 Å². The summed E-state index contributed by atoms with van der Waals surface area (Å²) in [5, 5.41) is 12.8. The molecule has 1 aliphatic rings. The molecular formula is C24H20ClN3O2. The van der Waals surface area contributed by atoms with Gasteiger partial charge in [0, 0.05) is 21.7 Å². The molecule has 5 nitrogen and oxygen atoms in total. The molecule has 2 atom stereocenters. The number of carbonyl (C=O) groups excluding carboxylic acids is 1. The van der Waals surface area contributed by atoms with Crippen molar-refractivity contribution in [2.75, 3.05) is 0 Å². The minimum atomic E-state index is -1.62. The van der Waals surface area contributed by atoms with Crippen molar-refractivity contribution in [2.45, 2.75) is 25.6 Å². The third-order valence-electron chi connectivity index (χ3n) is 6.00. The summed E-state index contributed by atoms with van der Waals surface area (Å²) in [6.07, 6.45) is 1.61. The van der Waals surface area contributed by atoms with Crippen molar-refractivity contribution in [3.8, 4) is 0 Å². The molecule has 0 saturated heterocycles. The lowest BCUT2D eigenvalue weighted by Crippen LogP contribution is -2.46. The number of imidazole rings is 1. The van der Waals surface area contributed by atoms with Crippen LogP contribution in [0, 0.1) is 6.92 Å². The fourth-order valence-corrected chi connectivity index (χ4v) is 4.66. The van der Waals surface area contributed by atoms with Gasteiger partial charge in [0.2, 0.25) is 0 Å². The number of hydrogen-bond donors (Lipinski definition) is 2. The maximum atomic E-state index is 13.5. The van der Waals surface area contributed by atoms with E-state index in [-0.39, 0.29) is 5.91 Å². The summed E-state index contributed by atoms with van der Waals surface area (Å²) in [6.45, 7) is 3.90. The van der Waals surface area contributed by atoms with Gasteiger partial charge < -0.3 is 10.1 Å². The molecular weight excluding hydrogens is 398 g/mol. The molecule has 0 spiro atoms. The molecule has 0 bridgehead atoms. The molecule has 2 N–H and O–H groups in total. The largest absolute Gasteiger partial charge is 0.363 e. The Bertz CT molecular complexity index is 1300. The monoisotopic (exact) mass is 417 g/mol. The lowest BCUT2D eigenvalue weighted by atomic mass is 9.91. The van der Waals surface area contributed by atoms with Crippen molar-refractivity contribution < 1.29 is 9.90 Å². The van der Waals surface area contributed by atoms with E-state index in [1.807, 2.05) is 68.4 Å². The number of fused-ring (bicyclic) bond motifs is 2. The Morgan fingerprint density at radius 1 is 1.13 bits per heavy atom. The molecule has 0 radical (unpaired) electrons. The topological polar surface area (TPSA) is 69.2 Å². The first-order valence-electron chi connectivity index (χ1n) is 9.76. The van der Waals surface area contributed by atoms with Gasteiger partial charge in [-0.15, -0.1) is 0 Å². The van der Waals surface area contributed by atoms with Crippen LogP contribution in [0.2, 0.25) is 5.02 Å². The number of nitrogens with one attached hydrogen (secondary N) is 1. The van der Waals surface area contributed by atoms with E-state index in [0.717, 1.165) is 22.2 Å². The molecule has 2 heterocycles. The molecule has 1 aliphatic heterocycles. The fraction of sp³-hybridized carbons (Fsp3) is 0.167. The number of aryl methyl sites for hydroxylation is 1. The Kier molecular flexibility index (Phi) is 4.20. The Morgan fingerprint density at radius 2 is 1.93 bits per heavy atom. The Hall–Kier alpha value is -3.15. The molecule has 30 heavy (non-hydrogen) atoms. The number of nitrogens with zero attached hydrogens (tertiary/aromatic N) is 2. The van der Waals surface area contributed by atoms with Crippen molar-refractivity contribution in [2.24, 2.45) is 0 Å². The number of aliphatic hydroxyl groups is 1. The van der Waals surface area contributed by atoms with Crippen LogP contribution in [0.1, 0.15) is 45.6 Å². The standard InChI is InChI=1S/C24H20ClN3O2/c1-14-7-9-17(25)12-19(14)15(2)28-23(29)18-5-3-4-6-20(18)24(28,30)16-8-10-21-22(11-16)27-13-26-21/h3-13,15,30H,1-2H3,(H,26,27). The van der Waals surface area contributed by atoms with Gasteiger partial charge in [-0.3, -0.25) is 9.69 Å². The molecule has 4 aromatic rings. The minimum Gasteiger partial charge on any atom is -0.363 e. The third kappa shape index (κ3) is 2.59. The highest BCUT2D eigenvalue weighted by atomic mass is 35.5. The van der Waals surface area contributed by atoms with Crippen molar-refractivity contribution in [1.29, 1.82) is 0 Å². The number of benzene rings is 3. The smallest absolute Gasteiger partial charge is 0.257 e. The Balaban J connectivity index is 1.74. The summed E-state index contributed by atoms with van der Waals surface area (Å²) in [5.41, 5.74) is 3.53. The lowest BCUT2D eigenvalue weighted by Gasteiger charge is -2.39. The van der Waals surface area contributed by atoms with Crippen molar-refractivity contribution in [3.63, 3.8) is 0 Å². The van der Waals surface area contributed by atoms with Gasteiger partial charge in [0.05, 0.1) is 23.4 Å². The second kappa shape index (κ2) is 6.69. The van der Waals surface area contributed by atoms with Gasteiger partial charge in [0.15, 0.2) is 5.72 Å². The average molecular weight is 418 g/mol. The van der Waals surface area contributed by atoms with Crippen LogP contribution in [0.5, 0.6) is 0 Å². The highest BCUT2D eigenvalue weighted by molar-refractivity contribution is 6.30. The van der Waals surface area contributed by atoms with E-state index < -0.39 is 11.8 Å². The van der Waals surface area contributed by atoms with Crippen LogP contribution in [0.3, 0.4) is 0 Å². The van der Waals surface area contributed by atoms with Crippen LogP contribution in [0.25, 0.3) is 11.0 Å². The van der Waals surface area contributed by atoms with Gasteiger partial charge in [-0.2, -0.15) is 0 Å². The maximum absolute atomic E-state index is 13.5. The molecule has 0 fully saturated rings. The zero-order valence-corrected chi connectivity index (χ0v) is 17.3. The van der Waals surface area contributed by atoms with Crippen molar-refractivity contribution >= 4 is 28.5 Å². The average Bonchev–Trinajstić information content (AvgIpc) is 3.31. The van der Waals surface area contributed by atoms with Crippen LogP contribution in [-0.2, 0) is 5.72 Å². The van der Waals surface area contributed by atoms with Crippen molar-refractivity contribution in [3.05, 3.63) is 99.8 Å². The number of carbonyl (C=O) groups is 1. The number of H-pyrrole nitrogens is 1. The minimum absolute atomic E-state index is 0.218. The van der Waals surface area contributed by atoms with Crippen molar-refractivity contribution in [1.82, 2.24) is 14.9 Å². The van der Waals surface area contributed by atoms with E-state index in [9.17, 15) is 9.90 Å². The van der Waals surface area contributed by atoms with Crippen LogP contribution in [0.15, 0.2) is 67.0 Å². The SMILES string of the molecule is Cc1ccc(Cl)cc1C(C)N1C(=O)c2ccccc2C1(O)c1ccc2nc[nH]c2c1. The lowest BCUT2D eigenvalue weighted by molar-refractivity contribution is -0.0677. The van der Waals surface area contributed by atoms with E-state index in [1.54, 1.807) is 17.3 Å². The van der Waals surface area contributed by atoms with E-state index in [1.165, 1.54) is 0 Å². The summed E-state index contributed by atoms with van der Waals surface area (Å²) >= 11 is 6.26. The number of rotatable bonds is 3. The van der Waals surface area contributed by atoms with E-state index in [2.05, 4.69) is 9.97 Å². The number of halogens is 1. The highest BCUT2D eigenvalue weighted by Gasteiger charge is 2.52.